The molecule has 3 heteroatoms. The monoisotopic (exact) mass is 157 g/mol. The summed E-state index contributed by atoms with van der Waals surface area (Å²) in [6.45, 7) is 1.09. The van der Waals surface area contributed by atoms with Gasteiger partial charge in [-0.1, -0.05) is 0 Å². The van der Waals surface area contributed by atoms with Crippen LogP contribution in [0.3, 0.4) is 0 Å². The SMILES string of the molecule is Clc1ccc([C@H]2CCN2)o1. The molecule has 1 aliphatic heterocycles. The molecule has 1 fully saturated rings. The summed E-state index contributed by atoms with van der Waals surface area (Å²) >= 11 is 5.59. The largest absolute Gasteiger partial charge is 0.448 e. The van der Waals surface area contributed by atoms with Gasteiger partial charge in [0, 0.05) is 0 Å². The zero-order valence-corrected chi connectivity index (χ0v) is 6.19. The van der Waals surface area contributed by atoms with Crippen LogP contribution in [-0.2, 0) is 0 Å². The van der Waals surface area contributed by atoms with Crippen LogP contribution in [0.4, 0.5) is 0 Å². The topological polar surface area (TPSA) is 25.2 Å². The molecule has 1 atom stereocenters. The summed E-state index contributed by atoms with van der Waals surface area (Å²) in [6, 6.07) is 4.10. The maximum absolute atomic E-state index is 5.59. The number of hydrogen-bond acceptors (Lipinski definition) is 2. The van der Waals surface area contributed by atoms with Crippen LogP contribution in [0.5, 0.6) is 0 Å². The van der Waals surface area contributed by atoms with E-state index in [1.54, 1.807) is 6.07 Å². The molecule has 0 unspecified atom stereocenters. The summed E-state index contributed by atoms with van der Waals surface area (Å²) in [4.78, 5) is 0. The summed E-state index contributed by atoms with van der Waals surface area (Å²) in [5.41, 5.74) is 0. The van der Waals surface area contributed by atoms with E-state index in [1.807, 2.05) is 6.07 Å². The van der Waals surface area contributed by atoms with Crippen molar-refractivity contribution < 1.29 is 4.42 Å². The highest BCUT2D eigenvalue weighted by atomic mass is 35.5. The Morgan fingerprint density at radius 3 is 2.80 bits per heavy atom. The van der Waals surface area contributed by atoms with Crippen LogP contribution in [-0.4, -0.2) is 6.54 Å². The molecule has 0 aromatic carbocycles. The first kappa shape index (κ1) is 6.25. The molecule has 1 aromatic rings. The minimum Gasteiger partial charge on any atom is -0.448 e. The maximum atomic E-state index is 5.59. The normalized spacial score (nSPS) is 24.3. The Kier molecular flexibility index (Phi) is 1.43. The van der Waals surface area contributed by atoms with Gasteiger partial charge in [0.1, 0.15) is 5.76 Å². The molecular weight excluding hydrogens is 150 g/mol. The molecule has 2 rings (SSSR count). The summed E-state index contributed by atoms with van der Waals surface area (Å²) in [5.74, 6) is 0.955. The fourth-order valence-corrected chi connectivity index (χ4v) is 1.20. The van der Waals surface area contributed by atoms with Gasteiger partial charge in [-0.25, -0.2) is 0 Å². The predicted molar refractivity (Wildman–Crippen MR) is 39.1 cm³/mol. The van der Waals surface area contributed by atoms with Crippen molar-refractivity contribution in [2.75, 3.05) is 6.54 Å². The van der Waals surface area contributed by atoms with Crippen LogP contribution in [0.2, 0.25) is 5.22 Å². The van der Waals surface area contributed by atoms with Crippen molar-refractivity contribution in [3.8, 4) is 0 Å². The van der Waals surface area contributed by atoms with Gasteiger partial charge in [0.05, 0.1) is 6.04 Å². The molecule has 0 amide bonds. The highest BCUT2D eigenvalue weighted by molar-refractivity contribution is 6.28. The van der Waals surface area contributed by atoms with Gasteiger partial charge in [0.2, 0.25) is 0 Å². The number of nitrogens with one attached hydrogen (secondary N) is 1. The van der Waals surface area contributed by atoms with Crippen molar-refractivity contribution in [2.24, 2.45) is 0 Å². The molecule has 0 aliphatic carbocycles. The number of furan rings is 1. The van der Waals surface area contributed by atoms with Crippen molar-refractivity contribution in [1.29, 1.82) is 0 Å². The molecule has 2 nitrogen and oxygen atoms in total. The first-order valence-corrected chi connectivity index (χ1v) is 3.73. The second kappa shape index (κ2) is 2.29. The zero-order valence-electron chi connectivity index (χ0n) is 5.43. The van der Waals surface area contributed by atoms with Gasteiger partial charge in [-0.15, -0.1) is 0 Å². The zero-order chi connectivity index (χ0) is 6.97. The first-order chi connectivity index (χ1) is 4.86. The van der Waals surface area contributed by atoms with E-state index in [2.05, 4.69) is 5.32 Å². The first-order valence-electron chi connectivity index (χ1n) is 3.35. The summed E-state index contributed by atoms with van der Waals surface area (Å²) in [7, 11) is 0. The van der Waals surface area contributed by atoms with Crippen molar-refractivity contribution in [3.05, 3.63) is 23.1 Å². The van der Waals surface area contributed by atoms with Crippen molar-refractivity contribution in [3.63, 3.8) is 0 Å². The summed E-state index contributed by atoms with van der Waals surface area (Å²) in [6.07, 6.45) is 1.16. The minimum absolute atomic E-state index is 0.410. The van der Waals surface area contributed by atoms with Crippen LogP contribution < -0.4 is 5.32 Å². The lowest BCUT2D eigenvalue weighted by molar-refractivity contribution is 0.320. The van der Waals surface area contributed by atoms with Gasteiger partial charge >= 0.3 is 0 Å². The van der Waals surface area contributed by atoms with Crippen molar-refractivity contribution in [2.45, 2.75) is 12.5 Å². The third-order valence-corrected chi connectivity index (χ3v) is 1.96. The van der Waals surface area contributed by atoms with Crippen molar-refractivity contribution >= 4 is 11.6 Å². The molecule has 1 aromatic heterocycles. The Hall–Kier alpha value is -0.470. The van der Waals surface area contributed by atoms with E-state index in [1.165, 1.54) is 0 Å². The van der Waals surface area contributed by atoms with E-state index >= 15 is 0 Å². The highest BCUT2D eigenvalue weighted by Gasteiger charge is 2.21. The molecule has 0 radical (unpaired) electrons. The smallest absolute Gasteiger partial charge is 0.193 e. The fourth-order valence-electron chi connectivity index (χ4n) is 1.05. The second-order valence-corrected chi connectivity index (χ2v) is 2.81. The second-order valence-electron chi connectivity index (χ2n) is 2.44. The third kappa shape index (κ3) is 0.935. The Balaban J connectivity index is 2.17. The Morgan fingerprint density at radius 1 is 1.60 bits per heavy atom. The van der Waals surface area contributed by atoms with Gasteiger partial charge in [-0.05, 0) is 36.7 Å². The summed E-state index contributed by atoms with van der Waals surface area (Å²) in [5, 5.41) is 3.70. The molecule has 1 saturated heterocycles. The molecule has 0 saturated carbocycles. The highest BCUT2D eigenvalue weighted by Crippen LogP contribution is 2.25. The van der Waals surface area contributed by atoms with Crippen LogP contribution in [0, 0.1) is 0 Å². The van der Waals surface area contributed by atoms with E-state index < -0.39 is 0 Å². The van der Waals surface area contributed by atoms with Crippen molar-refractivity contribution in [1.82, 2.24) is 5.32 Å². The molecule has 2 heterocycles. The van der Waals surface area contributed by atoms with E-state index in [0.717, 1.165) is 18.7 Å². The van der Waals surface area contributed by atoms with Crippen LogP contribution >= 0.6 is 11.6 Å². The van der Waals surface area contributed by atoms with Crippen LogP contribution in [0.25, 0.3) is 0 Å². The van der Waals surface area contributed by atoms with Gasteiger partial charge in [0.25, 0.3) is 0 Å². The van der Waals surface area contributed by atoms with E-state index in [9.17, 15) is 0 Å². The van der Waals surface area contributed by atoms with E-state index in [-0.39, 0.29) is 0 Å². The Bertz CT molecular complexity index is 229. The third-order valence-electron chi connectivity index (χ3n) is 1.76. The number of hydrogen-bond donors (Lipinski definition) is 1. The average molecular weight is 158 g/mol. The van der Waals surface area contributed by atoms with Gasteiger partial charge in [-0.2, -0.15) is 0 Å². The lowest BCUT2D eigenvalue weighted by Gasteiger charge is -2.25. The summed E-state index contributed by atoms with van der Waals surface area (Å²) < 4.78 is 5.19. The predicted octanol–water partition coefficient (Wildman–Crippen LogP) is 1.97. The number of halogens is 1. The van der Waals surface area contributed by atoms with Gasteiger partial charge < -0.3 is 9.73 Å². The van der Waals surface area contributed by atoms with E-state index in [0.29, 0.717) is 11.3 Å². The maximum Gasteiger partial charge on any atom is 0.193 e. The Morgan fingerprint density at radius 2 is 2.40 bits per heavy atom. The fraction of sp³-hybridized carbons (Fsp3) is 0.429. The Labute approximate surface area is 64.2 Å². The minimum atomic E-state index is 0.410. The lowest BCUT2D eigenvalue weighted by atomic mass is 10.1. The quantitative estimate of drug-likeness (QED) is 0.674. The van der Waals surface area contributed by atoms with Gasteiger partial charge in [-0.3, -0.25) is 0 Å². The van der Waals surface area contributed by atoms with E-state index in [4.69, 9.17) is 16.0 Å². The molecule has 0 spiro atoms. The molecule has 10 heavy (non-hydrogen) atoms. The molecular formula is C7H8ClNO. The lowest BCUT2D eigenvalue weighted by Crippen LogP contribution is -2.34. The molecule has 1 N–H and O–H groups in total. The van der Waals surface area contributed by atoms with Crippen LogP contribution in [0.1, 0.15) is 18.2 Å². The molecule has 0 bridgehead atoms. The standard InChI is InChI=1S/C7H8ClNO/c8-7-2-1-6(10-7)5-3-4-9-5/h1-2,5,9H,3-4H2/t5-/m1/s1. The molecule has 54 valence electrons. The number of rotatable bonds is 1. The van der Waals surface area contributed by atoms with Gasteiger partial charge in [0.15, 0.2) is 5.22 Å². The van der Waals surface area contributed by atoms with Crippen LogP contribution in [0.15, 0.2) is 16.5 Å². The molecule has 1 aliphatic rings. The average Bonchev–Trinajstić information content (AvgIpc) is 2.10.